The van der Waals surface area contributed by atoms with Crippen LogP contribution < -0.4 is 10.6 Å². The van der Waals surface area contributed by atoms with Crippen LogP contribution in [0, 0.1) is 23.1 Å². The summed E-state index contributed by atoms with van der Waals surface area (Å²) in [7, 11) is 0. The van der Waals surface area contributed by atoms with Crippen LogP contribution >= 0.6 is 0 Å². The largest absolute Gasteiger partial charge is 0.325 e. The Morgan fingerprint density at radius 1 is 1.21 bits per heavy atom. The van der Waals surface area contributed by atoms with Gasteiger partial charge in [-0.05, 0) is 41.8 Å². The van der Waals surface area contributed by atoms with Gasteiger partial charge in [0.2, 0.25) is 5.91 Å². The zero-order valence-corrected chi connectivity index (χ0v) is 13.7. The number of amides is 1. The van der Waals surface area contributed by atoms with Crippen LogP contribution in [0.25, 0.3) is 0 Å². The maximum absolute atomic E-state index is 13.1. The molecule has 0 aromatic heterocycles. The lowest BCUT2D eigenvalue weighted by atomic mass is 9.96. The lowest BCUT2D eigenvalue weighted by Gasteiger charge is -2.22. The minimum Gasteiger partial charge on any atom is -0.325 e. The molecule has 0 aliphatic heterocycles. The first-order valence-electron chi connectivity index (χ1n) is 7.78. The van der Waals surface area contributed by atoms with Crippen LogP contribution in [0.3, 0.4) is 0 Å². The molecule has 124 valence electrons. The number of anilines is 1. The molecule has 2 aromatic rings. The third-order valence-corrected chi connectivity index (χ3v) is 3.65. The van der Waals surface area contributed by atoms with Gasteiger partial charge < -0.3 is 10.6 Å². The first-order valence-corrected chi connectivity index (χ1v) is 7.78. The SMILES string of the molecule is CC(C)[C@H](NCC(=O)Nc1cccc(C#N)c1)c1ccc(F)cc1. The highest BCUT2D eigenvalue weighted by Crippen LogP contribution is 2.21. The number of hydrogen-bond acceptors (Lipinski definition) is 3. The summed E-state index contributed by atoms with van der Waals surface area (Å²) in [6.45, 7) is 4.20. The quantitative estimate of drug-likeness (QED) is 0.852. The highest BCUT2D eigenvalue weighted by atomic mass is 19.1. The van der Waals surface area contributed by atoms with E-state index in [9.17, 15) is 9.18 Å². The Bertz CT molecular complexity index is 735. The molecule has 0 saturated heterocycles. The Hall–Kier alpha value is -2.71. The van der Waals surface area contributed by atoms with E-state index in [2.05, 4.69) is 10.6 Å². The molecule has 0 radical (unpaired) electrons. The van der Waals surface area contributed by atoms with E-state index < -0.39 is 0 Å². The fourth-order valence-corrected chi connectivity index (χ4v) is 2.48. The van der Waals surface area contributed by atoms with E-state index in [-0.39, 0.29) is 30.2 Å². The van der Waals surface area contributed by atoms with Crippen molar-refractivity contribution in [2.45, 2.75) is 19.9 Å². The minimum atomic E-state index is -0.281. The van der Waals surface area contributed by atoms with Crippen molar-refractivity contribution in [3.8, 4) is 6.07 Å². The summed E-state index contributed by atoms with van der Waals surface area (Å²) in [6.07, 6.45) is 0. The molecule has 0 aliphatic carbocycles. The fourth-order valence-electron chi connectivity index (χ4n) is 2.48. The number of benzene rings is 2. The number of hydrogen-bond donors (Lipinski definition) is 2. The minimum absolute atomic E-state index is 0.0539. The molecule has 24 heavy (non-hydrogen) atoms. The second-order valence-electron chi connectivity index (χ2n) is 5.89. The maximum atomic E-state index is 13.1. The summed E-state index contributed by atoms with van der Waals surface area (Å²) in [5.41, 5.74) is 2.02. The molecule has 0 saturated carbocycles. The molecule has 1 amide bonds. The molecule has 2 aromatic carbocycles. The number of nitriles is 1. The van der Waals surface area contributed by atoms with Gasteiger partial charge in [-0.25, -0.2) is 4.39 Å². The Morgan fingerprint density at radius 2 is 1.92 bits per heavy atom. The van der Waals surface area contributed by atoms with Gasteiger partial charge in [0.15, 0.2) is 0 Å². The predicted molar refractivity (Wildman–Crippen MR) is 91.8 cm³/mol. The molecule has 5 heteroatoms. The molecule has 0 aliphatic rings. The lowest BCUT2D eigenvalue weighted by Crippen LogP contribution is -2.33. The molecular weight excluding hydrogens is 305 g/mol. The summed E-state index contributed by atoms with van der Waals surface area (Å²) < 4.78 is 13.1. The predicted octanol–water partition coefficient (Wildman–Crippen LogP) is 3.62. The average Bonchev–Trinajstić information content (AvgIpc) is 2.56. The van der Waals surface area contributed by atoms with Gasteiger partial charge in [0.1, 0.15) is 5.82 Å². The van der Waals surface area contributed by atoms with Crippen LogP contribution in [0.1, 0.15) is 31.0 Å². The number of nitrogens with zero attached hydrogens (tertiary/aromatic N) is 1. The maximum Gasteiger partial charge on any atom is 0.238 e. The summed E-state index contributed by atoms with van der Waals surface area (Å²) in [4.78, 5) is 12.1. The summed E-state index contributed by atoms with van der Waals surface area (Å²) in [5.74, 6) is -0.237. The number of carbonyl (C=O) groups excluding carboxylic acids is 1. The van der Waals surface area contributed by atoms with Crippen molar-refractivity contribution in [2.24, 2.45) is 5.92 Å². The highest BCUT2D eigenvalue weighted by molar-refractivity contribution is 5.92. The van der Waals surface area contributed by atoms with E-state index in [1.54, 1.807) is 36.4 Å². The highest BCUT2D eigenvalue weighted by Gasteiger charge is 2.16. The van der Waals surface area contributed by atoms with Crippen molar-refractivity contribution in [1.82, 2.24) is 5.32 Å². The summed E-state index contributed by atoms with van der Waals surface area (Å²) >= 11 is 0. The topological polar surface area (TPSA) is 64.9 Å². The number of halogens is 1. The van der Waals surface area contributed by atoms with Gasteiger partial charge in [0.25, 0.3) is 0 Å². The molecular formula is C19H20FN3O. The molecule has 4 nitrogen and oxygen atoms in total. The van der Waals surface area contributed by atoms with E-state index in [1.165, 1.54) is 12.1 Å². The van der Waals surface area contributed by atoms with Gasteiger partial charge in [0, 0.05) is 11.7 Å². The molecule has 0 bridgehead atoms. The fraction of sp³-hybridized carbons (Fsp3) is 0.263. The Balaban J connectivity index is 1.97. The average molecular weight is 325 g/mol. The Kier molecular flexibility index (Phi) is 6.05. The van der Waals surface area contributed by atoms with Gasteiger partial charge in [-0.2, -0.15) is 5.26 Å². The summed E-state index contributed by atoms with van der Waals surface area (Å²) in [6, 6.07) is 15.0. The molecule has 1 atom stereocenters. The summed E-state index contributed by atoms with van der Waals surface area (Å²) in [5, 5.41) is 14.8. The molecule has 2 rings (SSSR count). The molecule has 0 unspecified atom stereocenters. The van der Waals surface area contributed by atoms with Crippen LogP contribution in [-0.2, 0) is 4.79 Å². The van der Waals surface area contributed by atoms with Crippen molar-refractivity contribution in [3.05, 3.63) is 65.5 Å². The Labute approximate surface area is 141 Å². The lowest BCUT2D eigenvalue weighted by molar-refractivity contribution is -0.115. The van der Waals surface area contributed by atoms with Crippen molar-refractivity contribution < 1.29 is 9.18 Å². The van der Waals surface area contributed by atoms with Crippen molar-refractivity contribution in [2.75, 3.05) is 11.9 Å². The molecule has 2 N–H and O–H groups in total. The van der Waals surface area contributed by atoms with Crippen LogP contribution in [0.4, 0.5) is 10.1 Å². The molecule has 0 heterocycles. The number of nitrogens with one attached hydrogen (secondary N) is 2. The monoisotopic (exact) mass is 325 g/mol. The van der Waals surface area contributed by atoms with Crippen LogP contribution in [0.2, 0.25) is 0 Å². The van der Waals surface area contributed by atoms with Gasteiger partial charge in [-0.3, -0.25) is 4.79 Å². The van der Waals surface area contributed by atoms with Gasteiger partial charge in [0.05, 0.1) is 18.2 Å². The van der Waals surface area contributed by atoms with Crippen LogP contribution in [0.15, 0.2) is 48.5 Å². The normalized spacial score (nSPS) is 11.8. The van der Waals surface area contributed by atoms with Gasteiger partial charge >= 0.3 is 0 Å². The second kappa shape index (κ2) is 8.23. The van der Waals surface area contributed by atoms with Crippen molar-refractivity contribution >= 4 is 11.6 Å². The molecule has 0 fully saturated rings. The van der Waals surface area contributed by atoms with Crippen LogP contribution in [-0.4, -0.2) is 12.5 Å². The van der Waals surface area contributed by atoms with Crippen molar-refractivity contribution in [3.63, 3.8) is 0 Å². The zero-order chi connectivity index (χ0) is 17.5. The van der Waals surface area contributed by atoms with Gasteiger partial charge in [-0.1, -0.05) is 32.0 Å². The Morgan fingerprint density at radius 3 is 2.54 bits per heavy atom. The first-order chi connectivity index (χ1) is 11.5. The van der Waals surface area contributed by atoms with Crippen molar-refractivity contribution in [1.29, 1.82) is 5.26 Å². The smallest absolute Gasteiger partial charge is 0.238 e. The number of rotatable bonds is 6. The van der Waals surface area contributed by atoms with E-state index >= 15 is 0 Å². The van der Waals surface area contributed by atoms with Crippen LogP contribution in [0.5, 0.6) is 0 Å². The zero-order valence-electron chi connectivity index (χ0n) is 13.7. The first kappa shape index (κ1) is 17.6. The standard InChI is InChI=1S/C19H20FN3O/c1-13(2)19(15-6-8-16(20)9-7-15)22-12-18(24)23-17-5-3-4-14(10-17)11-21/h3-10,13,19,22H,12H2,1-2H3,(H,23,24)/t19-/m0/s1. The second-order valence-corrected chi connectivity index (χ2v) is 5.89. The van der Waals surface area contributed by atoms with Gasteiger partial charge in [-0.15, -0.1) is 0 Å². The van der Waals surface area contributed by atoms with E-state index in [0.29, 0.717) is 11.3 Å². The van der Waals surface area contributed by atoms with E-state index in [1.807, 2.05) is 19.9 Å². The number of carbonyl (C=O) groups is 1. The third kappa shape index (κ3) is 4.90. The van der Waals surface area contributed by atoms with E-state index in [0.717, 1.165) is 5.56 Å². The van der Waals surface area contributed by atoms with E-state index in [4.69, 9.17) is 5.26 Å². The third-order valence-electron chi connectivity index (χ3n) is 3.65. The molecule has 0 spiro atoms.